The molecule has 0 saturated carbocycles. The van der Waals surface area contributed by atoms with Gasteiger partial charge in [0.1, 0.15) is 0 Å². The molecule has 0 aromatic heterocycles. The average Bonchev–Trinajstić information content (AvgIpc) is 2.35. The van der Waals surface area contributed by atoms with Crippen LogP contribution in [0.25, 0.3) is 0 Å². The zero-order chi connectivity index (χ0) is 17.9. The Morgan fingerprint density at radius 3 is 2.09 bits per heavy atom. The van der Waals surface area contributed by atoms with Crippen molar-refractivity contribution in [3.63, 3.8) is 0 Å². The van der Waals surface area contributed by atoms with E-state index < -0.39 is 38.0 Å². The second-order valence-corrected chi connectivity index (χ2v) is 10.6. The van der Waals surface area contributed by atoms with Crippen molar-refractivity contribution in [2.45, 2.75) is 19.5 Å². The number of halogens is 3. The van der Waals surface area contributed by atoms with E-state index in [1.165, 1.54) is 12.5 Å². The van der Waals surface area contributed by atoms with E-state index in [4.69, 9.17) is 3.63 Å². The van der Waals surface area contributed by atoms with Crippen LogP contribution < -0.4 is 0 Å². The molecule has 0 bridgehead atoms. The quantitative estimate of drug-likeness (QED) is 0.686. The molecule has 4 nitrogen and oxygen atoms in total. The maximum atomic E-state index is 12.5. The summed E-state index contributed by atoms with van der Waals surface area (Å²) in [5.74, 6) is -0.774. The number of ketones is 1. The highest BCUT2D eigenvalue weighted by molar-refractivity contribution is 8.32. The van der Waals surface area contributed by atoms with Crippen LogP contribution in [0.4, 0.5) is 13.2 Å². The first-order valence-corrected chi connectivity index (χ1v) is 10.8. The molecular formula is C14H19F3O4S2. The number of hydrogen-bond acceptors (Lipinski definition) is 4. The summed E-state index contributed by atoms with van der Waals surface area (Å²) >= 11 is 0. The summed E-state index contributed by atoms with van der Waals surface area (Å²) in [6, 6.07) is 3.82. The predicted octanol–water partition coefficient (Wildman–Crippen LogP) is 3.62. The fourth-order valence-corrected chi connectivity index (χ4v) is 5.84. The molecule has 0 saturated heterocycles. The topological polar surface area (TPSA) is 60.4 Å². The highest BCUT2D eigenvalue weighted by atomic mass is 32.3. The fraction of sp³-hybridized carbons (Fsp3) is 0.500. The zero-order valence-corrected chi connectivity index (χ0v) is 14.6. The number of carbonyl (C=O) groups excluding carboxylic acids is 1. The molecule has 0 fully saturated rings. The first kappa shape index (κ1) is 20.0. The van der Waals surface area contributed by atoms with E-state index in [1.807, 2.05) is 0 Å². The molecule has 23 heavy (non-hydrogen) atoms. The van der Waals surface area contributed by atoms with Crippen LogP contribution in [0.2, 0.25) is 0 Å². The molecule has 0 unspecified atom stereocenters. The number of benzene rings is 1. The Balaban J connectivity index is 2.82. The van der Waals surface area contributed by atoms with E-state index >= 15 is 0 Å². The number of rotatable bonds is 7. The molecule has 0 aliphatic heterocycles. The number of Topliss-reactive ketones (excluding diaryl/α,β-unsaturated/α-hetero) is 1. The van der Waals surface area contributed by atoms with Crippen molar-refractivity contribution in [2.24, 2.45) is 0 Å². The largest absolute Gasteiger partial charge is 0.416 e. The third-order valence-electron chi connectivity index (χ3n) is 2.75. The van der Waals surface area contributed by atoms with Crippen LogP contribution in [-0.2, 0) is 19.9 Å². The average molecular weight is 372 g/mol. The Bertz CT molecular complexity index is 650. The third kappa shape index (κ3) is 6.52. The van der Waals surface area contributed by atoms with Gasteiger partial charge >= 0.3 is 6.18 Å². The molecule has 9 heteroatoms. The van der Waals surface area contributed by atoms with Crippen molar-refractivity contribution >= 4 is 26.2 Å². The predicted molar refractivity (Wildman–Crippen MR) is 85.2 cm³/mol. The number of hydrogen-bond donors (Lipinski definition) is 0. The van der Waals surface area contributed by atoms with Gasteiger partial charge in [0.25, 0.3) is 10.1 Å². The maximum absolute atomic E-state index is 12.5. The van der Waals surface area contributed by atoms with E-state index in [0.717, 1.165) is 24.3 Å². The smallest absolute Gasteiger partial charge is 0.293 e. The fourth-order valence-electron chi connectivity index (χ4n) is 1.83. The van der Waals surface area contributed by atoms with E-state index in [1.54, 1.807) is 6.92 Å². The molecule has 0 aliphatic rings. The van der Waals surface area contributed by atoms with Crippen LogP contribution in [0.1, 0.15) is 29.3 Å². The van der Waals surface area contributed by atoms with Crippen molar-refractivity contribution in [1.82, 2.24) is 0 Å². The third-order valence-corrected chi connectivity index (χ3v) is 6.92. The molecular weight excluding hydrogens is 353 g/mol. The summed E-state index contributed by atoms with van der Waals surface area (Å²) in [7, 11) is -5.91. The lowest BCUT2D eigenvalue weighted by Crippen LogP contribution is -2.19. The molecule has 0 atom stereocenters. The Morgan fingerprint density at radius 2 is 1.65 bits per heavy atom. The van der Waals surface area contributed by atoms with Gasteiger partial charge in [-0.3, -0.25) is 4.79 Å². The second kappa shape index (κ2) is 7.23. The normalized spacial score (nSPS) is 13.8. The van der Waals surface area contributed by atoms with Gasteiger partial charge in [0.15, 0.2) is 5.78 Å². The van der Waals surface area contributed by atoms with Crippen LogP contribution in [0.5, 0.6) is 0 Å². The lowest BCUT2D eigenvalue weighted by molar-refractivity contribution is -0.137. The van der Waals surface area contributed by atoms with Crippen LogP contribution in [0.15, 0.2) is 24.3 Å². The van der Waals surface area contributed by atoms with Gasteiger partial charge < -0.3 is 0 Å². The van der Waals surface area contributed by atoms with Gasteiger partial charge in [-0.15, -0.1) is 10.3 Å². The minimum atomic E-state index is -4.47. The van der Waals surface area contributed by atoms with Crippen LogP contribution in [0, 0.1) is 0 Å². The molecule has 0 amide bonds. The van der Waals surface area contributed by atoms with Gasteiger partial charge in [-0.25, -0.2) is 3.63 Å². The summed E-state index contributed by atoms with van der Waals surface area (Å²) in [4.78, 5) is 12.1. The summed E-state index contributed by atoms with van der Waals surface area (Å²) in [6.45, 7) is 1.69. The maximum Gasteiger partial charge on any atom is 0.416 e. The molecule has 1 aromatic carbocycles. The summed E-state index contributed by atoms with van der Waals surface area (Å²) in [5, 5.41) is 0. The summed E-state index contributed by atoms with van der Waals surface area (Å²) < 4.78 is 65.9. The first-order chi connectivity index (χ1) is 10.4. The Hall–Kier alpha value is -1.06. The highest BCUT2D eigenvalue weighted by Crippen LogP contribution is 2.43. The van der Waals surface area contributed by atoms with E-state index in [0.29, 0.717) is 6.42 Å². The Kier molecular flexibility index (Phi) is 6.28. The van der Waals surface area contributed by atoms with Crippen molar-refractivity contribution in [3.8, 4) is 0 Å². The van der Waals surface area contributed by atoms with Gasteiger partial charge in [-0.2, -0.15) is 21.6 Å². The molecule has 132 valence electrons. The van der Waals surface area contributed by atoms with E-state index in [9.17, 15) is 26.4 Å². The van der Waals surface area contributed by atoms with Gasteiger partial charge in [0.2, 0.25) is 0 Å². The molecule has 0 radical (unpaired) electrons. The lowest BCUT2D eigenvalue weighted by atomic mass is 10.1. The number of alkyl halides is 3. The minimum absolute atomic E-state index is 0.0927. The Morgan fingerprint density at radius 1 is 1.13 bits per heavy atom. The summed E-state index contributed by atoms with van der Waals surface area (Å²) in [5.41, 5.74) is -0.752. The molecule has 0 aliphatic carbocycles. The van der Waals surface area contributed by atoms with Gasteiger partial charge in [-0.1, -0.05) is 19.1 Å². The molecule has 0 N–H and O–H groups in total. The van der Waals surface area contributed by atoms with E-state index in [-0.39, 0.29) is 17.1 Å². The Labute approximate surface area is 135 Å². The highest BCUT2D eigenvalue weighted by Gasteiger charge is 2.30. The van der Waals surface area contributed by atoms with Gasteiger partial charge in [0, 0.05) is 5.56 Å². The number of carbonyl (C=O) groups is 1. The second-order valence-electron chi connectivity index (χ2n) is 5.41. The van der Waals surface area contributed by atoms with Crippen molar-refractivity contribution in [1.29, 1.82) is 0 Å². The van der Waals surface area contributed by atoms with Crippen LogP contribution in [0.3, 0.4) is 0 Å². The zero-order valence-electron chi connectivity index (χ0n) is 13.0. The van der Waals surface area contributed by atoms with Gasteiger partial charge in [-0.05, 0) is 31.1 Å². The SMILES string of the molecule is CCCS(=O)(=O)OS(C)(C)CC(=O)c1ccc(C(F)(F)F)cc1. The van der Waals surface area contributed by atoms with Crippen LogP contribution in [-0.4, -0.2) is 38.2 Å². The molecule has 0 heterocycles. The van der Waals surface area contributed by atoms with E-state index in [2.05, 4.69) is 0 Å². The standard InChI is InChI=1S/C14H19F3O4S2/c1-4-9-23(19,20)21-22(2,3)10-13(18)11-5-7-12(8-6-11)14(15,16)17/h5-8H,4,9-10H2,1-3H3. The first-order valence-electron chi connectivity index (χ1n) is 6.71. The van der Waals surface area contributed by atoms with Crippen LogP contribution >= 0.6 is 10.3 Å². The van der Waals surface area contributed by atoms with Crippen molar-refractivity contribution < 1.29 is 30.0 Å². The van der Waals surface area contributed by atoms with Crippen molar-refractivity contribution in [2.75, 3.05) is 24.0 Å². The monoisotopic (exact) mass is 372 g/mol. The van der Waals surface area contributed by atoms with Gasteiger partial charge in [0.05, 0.1) is 17.1 Å². The van der Waals surface area contributed by atoms with Crippen molar-refractivity contribution in [3.05, 3.63) is 35.4 Å². The molecule has 1 rings (SSSR count). The molecule has 0 spiro atoms. The lowest BCUT2D eigenvalue weighted by Gasteiger charge is -2.29. The minimum Gasteiger partial charge on any atom is -0.293 e. The molecule has 1 aromatic rings. The summed E-state index contributed by atoms with van der Waals surface area (Å²) in [6.07, 6.45) is -1.02.